The number of hydrogen-bond donors (Lipinski definition) is 3. The van der Waals surface area contributed by atoms with Crippen LogP contribution < -0.4 is 24.8 Å². The average molecular weight is 882 g/mol. The third kappa shape index (κ3) is 8.48. The fourth-order valence-corrected chi connectivity index (χ4v) is 10.6. The molecular formula is C45H51N7O8S2. The molecule has 5 atom stereocenters. The van der Waals surface area contributed by atoms with Crippen molar-refractivity contribution < 1.29 is 36.7 Å². The van der Waals surface area contributed by atoms with E-state index >= 15 is 0 Å². The molecule has 3 amide bonds. The van der Waals surface area contributed by atoms with Crippen LogP contribution in [0.3, 0.4) is 0 Å². The number of hydrogen-bond acceptors (Lipinski definition) is 13. The Morgan fingerprint density at radius 1 is 1.02 bits per heavy atom. The number of furan rings is 1. The molecule has 2 aliphatic carbocycles. The third-order valence-electron chi connectivity index (χ3n) is 12.1. The molecule has 0 bridgehead atoms. The number of benzene rings is 2. The highest BCUT2D eigenvalue weighted by atomic mass is 32.2. The number of amides is 3. The topological polar surface area (TPSA) is 195 Å². The monoisotopic (exact) mass is 881 g/mol. The first-order chi connectivity index (χ1) is 29.8. The molecule has 5 unspecified atom stereocenters. The van der Waals surface area contributed by atoms with Crippen molar-refractivity contribution in [2.45, 2.75) is 121 Å². The highest BCUT2D eigenvalue weighted by molar-refractivity contribution is 7.91. The Morgan fingerprint density at radius 2 is 1.81 bits per heavy atom. The normalized spacial score (nSPS) is 25.1. The van der Waals surface area contributed by atoms with Gasteiger partial charge in [0.15, 0.2) is 11.0 Å². The Bertz CT molecular complexity index is 2660. The van der Waals surface area contributed by atoms with E-state index < -0.39 is 56.7 Å². The van der Waals surface area contributed by atoms with Gasteiger partial charge in [0, 0.05) is 28.2 Å². The number of carbonyl (C=O) groups excluding carboxylic acids is 3. The highest BCUT2D eigenvalue weighted by Gasteiger charge is 2.62. The lowest BCUT2D eigenvalue weighted by atomic mass is 10.1. The SMILES string of the molecule is Cc1nc(NC2CCCCC/C=C\C3CC3(C(=O)NS(=O)(=O)C3CC3)NC(=O)C3CC(Oc4nc(-c5ccc(OC(C)C)cc5)nc5c4oc4ccccc45)CN3C2=O)sc1C. The van der Waals surface area contributed by atoms with E-state index in [0.29, 0.717) is 58.2 Å². The van der Waals surface area contributed by atoms with Gasteiger partial charge in [0.2, 0.25) is 27.4 Å². The first kappa shape index (κ1) is 41.8. The van der Waals surface area contributed by atoms with Crippen LogP contribution in [0.2, 0.25) is 0 Å². The fraction of sp³-hybridized carbons (Fsp3) is 0.467. The van der Waals surface area contributed by atoms with Gasteiger partial charge in [0.1, 0.15) is 40.6 Å². The van der Waals surface area contributed by atoms with Crippen molar-refractivity contribution in [3.8, 4) is 23.0 Å². The zero-order chi connectivity index (χ0) is 43.3. The molecule has 9 rings (SSSR count). The van der Waals surface area contributed by atoms with Crippen LogP contribution in [0.5, 0.6) is 11.6 Å². The van der Waals surface area contributed by atoms with Gasteiger partial charge in [0.25, 0.3) is 11.8 Å². The van der Waals surface area contributed by atoms with E-state index in [1.54, 1.807) is 0 Å². The lowest BCUT2D eigenvalue weighted by molar-refractivity contribution is -0.140. The second kappa shape index (κ2) is 16.6. The second-order valence-electron chi connectivity index (χ2n) is 17.2. The van der Waals surface area contributed by atoms with Gasteiger partial charge in [-0.25, -0.2) is 18.4 Å². The number of fused-ring (bicyclic) bond motifs is 5. The largest absolute Gasteiger partial charge is 0.491 e. The molecule has 15 nitrogen and oxygen atoms in total. The molecule has 0 radical (unpaired) electrons. The Hall–Kier alpha value is -5.55. The van der Waals surface area contributed by atoms with E-state index in [9.17, 15) is 22.8 Å². The molecule has 62 heavy (non-hydrogen) atoms. The van der Waals surface area contributed by atoms with Crippen molar-refractivity contribution >= 4 is 66.3 Å². The Kier molecular flexibility index (Phi) is 11.2. The summed E-state index contributed by atoms with van der Waals surface area (Å²) < 4.78 is 47.2. The van der Waals surface area contributed by atoms with E-state index in [0.717, 1.165) is 41.6 Å². The van der Waals surface area contributed by atoms with Gasteiger partial charge < -0.3 is 29.4 Å². The molecule has 5 aromatic rings. The summed E-state index contributed by atoms with van der Waals surface area (Å²) >= 11 is 1.47. The summed E-state index contributed by atoms with van der Waals surface area (Å²) in [5.74, 6) is -0.816. The number of anilines is 1. The van der Waals surface area contributed by atoms with E-state index in [1.165, 1.54) is 16.2 Å². The van der Waals surface area contributed by atoms with Crippen LogP contribution in [-0.4, -0.2) is 87.6 Å². The zero-order valence-corrected chi connectivity index (χ0v) is 36.8. The fourth-order valence-electron chi connectivity index (χ4n) is 8.42. The molecule has 3 aromatic heterocycles. The quantitative estimate of drug-likeness (QED) is 0.125. The van der Waals surface area contributed by atoms with Gasteiger partial charge in [0.05, 0.1) is 23.6 Å². The molecule has 1 saturated heterocycles. The van der Waals surface area contributed by atoms with Crippen molar-refractivity contribution in [3.63, 3.8) is 0 Å². The first-order valence-corrected chi connectivity index (χ1v) is 23.8. The van der Waals surface area contributed by atoms with E-state index in [1.807, 2.05) is 88.4 Å². The van der Waals surface area contributed by atoms with Gasteiger partial charge in [-0.3, -0.25) is 19.1 Å². The van der Waals surface area contributed by atoms with Crippen LogP contribution in [-0.2, 0) is 24.4 Å². The van der Waals surface area contributed by atoms with Crippen LogP contribution in [0.4, 0.5) is 5.13 Å². The third-order valence-corrected chi connectivity index (χ3v) is 14.9. The number of para-hydroxylation sites is 1. The van der Waals surface area contributed by atoms with Crippen molar-refractivity contribution in [2.24, 2.45) is 5.92 Å². The Morgan fingerprint density at radius 3 is 2.55 bits per heavy atom. The predicted molar refractivity (Wildman–Crippen MR) is 235 cm³/mol. The minimum Gasteiger partial charge on any atom is -0.491 e. The molecule has 3 fully saturated rings. The molecule has 5 heterocycles. The number of rotatable bonds is 10. The van der Waals surface area contributed by atoms with E-state index in [4.69, 9.17) is 23.9 Å². The Balaban J connectivity index is 1.07. The number of ether oxygens (including phenoxy) is 2. The van der Waals surface area contributed by atoms with Gasteiger partial charge in [-0.1, -0.05) is 37.1 Å². The number of thiazole rings is 1. The van der Waals surface area contributed by atoms with Crippen LogP contribution in [0.15, 0.2) is 65.1 Å². The van der Waals surface area contributed by atoms with Gasteiger partial charge >= 0.3 is 0 Å². The molecule has 3 N–H and O–H groups in total. The number of sulfonamides is 1. The molecule has 2 aliphatic heterocycles. The van der Waals surface area contributed by atoms with Crippen molar-refractivity contribution in [2.75, 3.05) is 11.9 Å². The minimum atomic E-state index is -3.90. The van der Waals surface area contributed by atoms with Crippen LogP contribution in [0.25, 0.3) is 33.5 Å². The van der Waals surface area contributed by atoms with Gasteiger partial charge in [-0.15, -0.1) is 11.3 Å². The summed E-state index contributed by atoms with van der Waals surface area (Å²) in [7, 11) is -3.90. The minimum absolute atomic E-state index is 0.000796. The van der Waals surface area contributed by atoms with Gasteiger partial charge in [-0.05, 0) is 103 Å². The van der Waals surface area contributed by atoms with Crippen molar-refractivity contribution in [1.82, 2.24) is 29.9 Å². The summed E-state index contributed by atoms with van der Waals surface area (Å²) in [5.41, 5.74) is 1.56. The maximum Gasteiger partial charge on any atom is 0.262 e. The second-order valence-corrected chi connectivity index (χ2v) is 20.3. The van der Waals surface area contributed by atoms with Crippen LogP contribution in [0, 0.1) is 19.8 Å². The molecule has 2 aromatic carbocycles. The molecule has 4 aliphatic rings. The summed E-state index contributed by atoms with van der Waals surface area (Å²) in [5, 5.41) is 7.12. The van der Waals surface area contributed by atoms with Crippen molar-refractivity contribution in [3.05, 3.63) is 71.3 Å². The first-order valence-electron chi connectivity index (χ1n) is 21.5. The summed E-state index contributed by atoms with van der Waals surface area (Å²) in [6, 6.07) is 13.2. The average Bonchev–Trinajstić information content (AvgIpc) is 4.10. The smallest absolute Gasteiger partial charge is 0.262 e. The summed E-state index contributed by atoms with van der Waals surface area (Å²) in [4.78, 5) is 60.6. The lowest BCUT2D eigenvalue weighted by Crippen LogP contribution is -2.57. The number of allylic oxidation sites excluding steroid dienone is 1. The molecular weight excluding hydrogens is 831 g/mol. The maximum atomic E-state index is 14.9. The Labute approximate surface area is 364 Å². The summed E-state index contributed by atoms with van der Waals surface area (Å²) in [6.45, 7) is 7.84. The molecule has 0 spiro atoms. The van der Waals surface area contributed by atoms with Crippen molar-refractivity contribution in [1.29, 1.82) is 0 Å². The molecule has 326 valence electrons. The molecule has 17 heteroatoms. The number of carbonyl (C=O) groups is 3. The number of aromatic nitrogens is 3. The van der Waals surface area contributed by atoms with Crippen LogP contribution in [0.1, 0.15) is 82.2 Å². The highest BCUT2D eigenvalue weighted by Crippen LogP contribution is 2.46. The number of nitrogens with one attached hydrogen (secondary N) is 3. The van der Waals surface area contributed by atoms with E-state index in [-0.39, 0.29) is 37.3 Å². The predicted octanol–water partition coefficient (Wildman–Crippen LogP) is 6.74. The maximum absolute atomic E-state index is 14.9. The number of nitrogens with zero attached hydrogens (tertiary/aromatic N) is 4. The molecule has 2 saturated carbocycles. The lowest BCUT2D eigenvalue weighted by Gasteiger charge is -2.29. The van der Waals surface area contributed by atoms with Gasteiger partial charge in [-0.2, -0.15) is 4.98 Å². The van der Waals surface area contributed by atoms with E-state index in [2.05, 4.69) is 20.3 Å². The zero-order valence-electron chi connectivity index (χ0n) is 35.2. The number of aryl methyl sites for hydroxylation is 2. The standard InChI is InChI=1S/C45H51N7O8S2/c1-25(2)58-30-18-16-28(17-19-30)39-48-37-33-13-10-11-15-36(33)60-38(37)41(49-39)59-31-22-35-40(53)50-45(43(55)51-62(56,57)32-20-21-32)23-29(45)12-8-6-5-7-9-14-34(42(54)52(35)24-31)47-44-46-26(3)27(4)61-44/h8,10-13,15-19,25,29,31-32,34-35H,5-7,9,14,20-24H2,1-4H3,(H,46,47)(H,50,53)(H,51,55)/b12-8-. The summed E-state index contributed by atoms with van der Waals surface area (Å²) in [6.07, 6.45) is 8.11. The van der Waals surface area contributed by atoms with Crippen LogP contribution >= 0.6 is 11.3 Å².